The number of nitrogens with zero attached hydrogens (tertiary/aromatic N) is 2. The van der Waals surface area contributed by atoms with Crippen LogP contribution >= 0.6 is 0 Å². The number of hydrogen-bond donors (Lipinski definition) is 2. The van der Waals surface area contributed by atoms with Crippen molar-refractivity contribution < 1.29 is 9.90 Å². The van der Waals surface area contributed by atoms with Gasteiger partial charge >= 0.3 is 0 Å². The van der Waals surface area contributed by atoms with E-state index in [0.717, 1.165) is 27.8 Å². The highest BCUT2D eigenvalue weighted by Gasteiger charge is 2.17. The Hall–Kier alpha value is -2.66. The Kier molecular flexibility index (Phi) is 4.36. The predicted molar refractivity (Wildman–Crippen MR) is 94.9 cm³/mol. The SMILES string of the molecule is Cc1cc(C)cc(NC(=O)Cn2c(C(C)O)nc3ccccc32)c1. The molecule has 5 heteroatoms. The smallest absolute Gasteiger partial charge is 0.244 e. The zero-order valence-corrected chi connectivity index (χ0v) is 14.1. The van der Waals surface area contributed by atoms with E-state index in [1.807, 2.05) is 50.2 Å². The number of aryl methyl sites for hydroxylation is 2. The monoisotopic (exact) mass is 323 g/mol. The van der Waals surface area contributed by atoms with Crippen LogP contribution in [0, 0.1) is 13.8 Å². The molecule has 3 aromatic rings. The van der Waals surface area contributed by atoms with Gasteiger partial charge < -0.3 is 15.0 Å². The van der Waals surface area contributed by atoms with Gasteiger partial charge in [0, 0.05) is 5.69 Å². The van der Waals surface area contributed by atoms with Crippen LogP contribution < -0.4 is 5.32 Å². The first-order valence-corrected chi connectivity index (χ1v) is 7.95. The first-order chi connectivity index (χ1) is 11.4. The minimum atomic E-state index is -0.744. The molecule has 5 nitrogen and oxygen atoms in total. The van der Waals surface area contributed by atoms with Crippen LogP contribution in [0.3, 0.4) is 0 Å². The number of nitrogens with one attached hydrogen (secondary N) is 1. The summed E-state index contributed by atoms with van der Waals surface area (Å²) in [5, 5.41) is 12.9. The average Bonchev–Trinajstić information content (AvgIpc) is 2.85. The van der Waals surface area contributed by atoms with E-state index >= 15 is 0 Å². The second-order valence-corrected chi connectivity index (χ2v) is 6.15. The first-order valence-electron chi connectivity index (χ1n) is 7.95. The summed E-state index contributed by atoms with van der Waals surface area (Å²) in [5.41, 5.74) is 4.59. The lowest BCUT2D eigenvalue weighted by Crippen LogP contribution is -2.21. The minimum absolute atomic E-state index is 0.105. The number of rotatable bonds is 4. The number of imidazole rings is 1. The number of aliphatic hydroxyl groups excluding tert-OH is 1. The molecule has 2 N–H and O–H groups in total. The van der Waals surface area contributed by atoms with Crippen LogP contribution in [0.15, 0.2) is 42.5 Å². The molecule has 0 spiro atoms. The second kappa shape index (κ2) is 6.45. The van der Waals surface area contributed by atoms with E-state index in [-0.39, 0.29) is 12.5 Å². The van der Waals surface area contributed by atoms with Crippen molar-refractivity contribution in [2.75, 3.05) is 5.32 Å². The van der Waals surface area contributed by atoms with Crippen molar-refractivity contribution in [1.82, 2.24) is 9.55 Å². The summed E-state index contributed by atoms with van der Waals surface area (Å²) in [6.07, 6.45) is -0.744. The molecule has 0 saturated heterocycles. The van der Waals surface area contributed by atoms with E-state index in [0.29, 0.717) is 5.82 Å². The highest BCUT2D eigenvalue weighted by atomic mass is 16.3. The van der Waals surface area contributed by atoms with E-state index in [1.54, 1.807) is 11.5 Å². The van der Waals surface area contributed by atoms with Gasteiger partial charge in [0.1, 0.15) is 18.5 Å². The zero-order valence-electron chi connectivity index (χ0n) is 14.1. The molecule has 1 amide bonds. The summed E-state index contributed by atoms with van der Waals surface area (Å²) in [6.45, 7) is 5.75. The summed E-state index contributed by atoms with van der Waals surface area (Å²) >= 11 is 0. The lowest BCUT2D eigenvalue weighted by molar-refractivity contribution is -0.116. The van der Waals surface area contributed by atoms with Crippen LogP contribution in [-0.4, -0.2) is 20.6 Å². The van der Waals surface area contributed by atoms with Crippen LogP contribution in [0.25, 0.3) is 11.0 Å². The molecule has 1 heterocycles. The second-order valence-electron chi connectivity index (χ2n) is 6.15. The zero-order chi connectivity index (χ0) is 17.3. The number of aliphatic hydroxyl groups is 1. The molecule has 0 saturated carbocycles. The van der Waals surface area contributed by atoms with Gasteiger partial charge in [-0.25, -0.2) is 4.98 Å². The third-order valence-electron chi connectivity index (χ3n) is 3.86. The maximum Gasteiger partial charge on any atom is 0.244 e. The van der Waals surface area contributed by atoms with Gasteiger partial charge in [-0.05, 0) is 56.2 Å². The lowest BCUT2D eigenvalue weighted by atomic mass is 10.1. The van der Waals surface area contributed by atoms with Gasteiger partial charge in [-0.2, -0.15) is 0 Å². The predicted octanol–water partition coefficient (Wildman–Crippen LogP) is 3.35. The summed E-state index contributed by atoms with van der Waals surface area (Å²) in [4.78, 5) is 16.9. The van der Waals surface area contributed by atoms with Crippen LogP contribution in [0.1, 0.15) is 30.0 Å². The average molecular weight is 323 g/mol. The summed E-state index contributed by atoms with van der Waals surface area (Å²) < 4.78 is 1.76. The van der Waals surface area contributed by atoms with Crippen molar-refractivity contribution in [3.8, 4) is 0 Å². The Morgan fingerprint density at radius 3 is 2.54 bits per heavy atom. The van der Waals surface area contributed by atoms with Crippen LogP contribution in [0.4, 0.5) is 5.69 Å². The number of fused-ring (bicyclic) bond motifs is 1. The van der Waals surface area contributed by atoms with Crippen molar-refractivity contribution in [3.05, 3.63) is 59.4 Å². The molecule has 1 atom stereocenters. The highest BCUT2D eigenvalue weighted by molar-refractivity contribution is 5.92. The van der Waals surface area contributed by atoms with Gasteiger partial charge in [0.15, 0.2) is 0 Å². The number of anilines is 1. The largest absolute Gasteiger partial charge is 0.385 e. The lowest BCUT2D eigenvalue weighted by Gasteiger charge is -2.12. The van der Waals surface area contributed by atoms with Gasteiger partial charge in [0.2, 0.25) is 5.91 Å². The molecule has 2 aromatic carbocycles. The van der Waals surface area contributed by atoms with E-state index in [9.17, 15) is 9.90 Å². The number of carbonyl (C=O) groups is 1. The Morgan fingerprint density at radius 2 is 1.88 bits per heavy atom. The highest BCUT2D eigenvalue weighted by Crippen LogP contribution is 2.21. The van der Waals surface area contributed by atoms with Crippen LogP contribution in [0.5, 0.6) is 0 Å². The van der Waals surface area contributed by atoms with E-state index in [1.165, 1.54) is 0 Å². The molecule has 0 aliphatic carbocycles. The van der Waals surface area contributed by atoms with Gasteiger partial charge in [-0.15, -0.1) is 0 Å². The fraction of sp³-hybridized carbons (Fsp3) is 0.263. The summed E-state index contributed by atoms with van der Waals surface area (Å²) in [5.74, 6) is 0.344. The Bertz CT molecular complexity index is 877. The molecule has 1 aromatic heterocycles. The normalized spacial score (nSPS) is 12.3. The van der Waals surface area contributed by atoms with E-state index in [4.69, 9.17) is 0 Å². The van der Waals surface area contributed by atoms with E-state index < -0.39 is 6.10 Å². The number of carbonyl (C=O) groups excluding carboxylic acids is 1. The molecule has 124 valence electrons. The van der Waals surface area contributed by atoms with Crippen molar-refractivity contribution in [2.24, 2.45) is 0 Å². The third kappa shape index (κ3) is 3.31. The fourth-order valence-electron chi connectivity index (χ4n) is 2.97. The minimum Gasteiger partial charge on any atom is -0.385 e. The summed E-state index contributed by atoms with van der Waals surface area (Å²) in [7, 11) is 0. The molecule has 24 heavy (non-hydrogen) atoms. The van der Waals surface area contributed by atoms with Gasteiger partial charge in [-0.3, -0.25) is 4.79 Å². The number of hydrogen-bond acceptors (Lipinski definition) is 3. The van der Waals surface area contributed by atoms with E-state index in [2.05, 4.69) is 16.4 Å². The molecular formula is C19H21N3O2. The van der Waals surface area contributed by atoms with Gasteiger partial charge in [0.25, 0.3) is 0 Å². The molecule has 3 rings (SSSR count). The Labute approximate surface area is 141 Å². The van der Waals surface area contributed by atoms with Crippen molar-refractivity contribution in [2.45, 2.75) is 33.4 Å². The quantitative estimate of drug-likeness (QED) is 0.774. The molecule has 0 aliphatic heterocycles. The number of benzene rings is 2. The topological polar surface area (TPSA) is 67.2 Å². The fourth-order valence-corrected chi connectivity index (χ4v) is 2.97. The van der Waals surface area contributed by atoms with Crippen molar-refractivity contribution in [1.29, 1.82) is 0 Å². The number of aromatic nitrogens is 2. The van der Waals surface area contributed by atoms with Gasteiger partial charge in [0.05, 0.1) is 11.0 Å². The van der Waals surface area contributed by atoms with Crippen molar-refractivity contribution >= 4 is 22.6 Å². The maximum atomic E-state index is 12.5. The standard InChI is InChI=1S/C19H21N3O2/c1-12-8-13(2)10-15(9-12)20-18(24)11-22-17-7-5-4-6-16(17)21-19(22)14(3)23/h4-10,14,23H,11H2,1-3H3,(H,20,24). The molecule has 1 unspecified atom stereocenters. The van der Waals surface area contributed by atoms with Gasteiger partial charge in [-0.1, -0.05) is 18.2 Å². The van der Waals surface area contributed by atoms with Crippen LogP contribution in [-0.2, 0) is 11.3 Å². The maximum absolute atomic E-state index is 12.5. The molecule has 0 fully saturated rings. The summed E-state index contributed by atoms with van der Waals surface area (Å²) in [6, 6.07) is 13.5. The molecule has 0 bridgehead atoms. The first kappa shape index (κ1) is 16.2. The number of para-hydroxylation sites is 2. The molecule has 0 radical (unpaired) electrons. The van der Waals surface area contributed by atoms with Crippen molar-refractivity contribution in [3.63, 3.8) is 0 Å². The molecular weight excluding hydrogens is 302 g/mol. The number of amides is 1. The van der Waals surface area contributed by atoms with Crippen LogP contribution in [0.2, 0.25) is 0 Å². The molecule has 0 aliphatic rings. The Balaban J connectivity index is 1.88. The Morgan fingerprint density at radius 1 is 1.21 bits per heavy atom. The third-order valence-corrected chi connectivity index (χ3v) is 3.86.